The van der Waals surface area contributed by atoms with Gasteiger partial charge in [-0.2, -0.15) is 0 Å². The van der Waals surface area contributed by atoms with Crippen LogP contribution in [0.5, 0.6) is 5.75 Å². The number of ether oxygens (including phenoxy) is 2. The molecule has 0 amide bonds. The Morgan fingerprint density at radius 1 is 1.25 bits per heavy atom. The van der Waals surface area contributed by atoms with Gasteiger partial charge in [-0.1, -0.05) is 12.1 Å². The average molecular weight is 331 g/mol. The van der Waals surface area contributed by atoms with Crippen LogP contribution in [0.2, 0.25) is 0 Å². The van der Waals surface area contributed by atoms with E-state index in [1.807, 2.05) is 24.3 Å². The van der Waals surface area contributed by atoms with Crippen molar-refractivity contribution in [3.05, 3.63) is 54.0 Å². The first kappa shape index (κ1) is 17.0. The molecule has 0 spiro atoms. The first-order valence-electron chi connectivity index (χ1n) is 8.40. The Labute approximate surface area is 142 Å². The molecule has 5 heteroatoms. The van der Waals surface area contributed by atoms with Crippen molar-refractivity contribution < 1.29 is 19.0 Å². The van der Waals surface area contributed by atoms with Crippen molar-refractivity contribution in [1.29, 1.82) is 0 Å². The molecule has 1 heterocycles. The quantitative estimate of drug-likeness (QED) is 0.725. The van der Waals surface area contributed by atoms with Crippen LogP contribution in [0, 0.1) is 0 Å². The lowest BCUT2D eigenvalue weighted by molar-refractivity contribution is 0.00246. The van der Waals surface area contributed by atoms with Crippen molar-refractivity contribution in [2.24, 2.45) is 0 Å². The van der Waals surface area contributed by atoms with E-state index in [-0.39, 0.29) is 0 Å². The standard InChI is InChI=1S/C19H25NO4/c1-22-18-8-4-15(5-9-18)11-20(16-6-7-16)12-17(21)13-23-14-19-3-2-10-24-19/h2-5,8-10,16-17,21H,6-7,11-14H2,1H3/t17-/m0/s1. The van der Waals surface area contributed by atoms with Gasteiger partial charge in [0.05, 0.1) is 26.1 Å². The fraction of sp³-hybridized carbons (Fsp3) is 0.474. The minimum absolute atomic E-state index is 0.312. The molecule has 0 radical (unpaired) electrons. The molecule has 1 atom stereocenters. The van der Waals surface area contributed by atoms with Gasteiger partial charge in [-0.3, -0.25) is 4.90 Å². The number of hydrogen-bond acceptors (Lipinski definition) is 5. The summed E-state index contributed by atoms with van der Waals surface area (Å²) in [7, 11) is 1.67. The van der Waals surface area contributed by atoms with Gasteiger partial charge in [-0.25, -0.2) is 0 Å². The third kappa shape index (κ3) is 5.09. The van der Waals surface area contributed by atoms with E-state index in [1.54, 1.807) is 13.4 Å². The Bertz CT molecular complexity index is 592. The van der Waals surface area contributed by atoms with Crippen molar-refractivity contribution in [3.8, 4) is 5.75 Å². The smallest absolute Gasteiger partial charge is 0.129 e. The highest BCUT2D eigenvalue weighted by Gasteiger charge is 2.30. The summed E-state index contributed by atoms with van der Waals surface area (Å²) >= 11 is 0. The summed E-state index contributed by atoms with van der Waals surface area (Å²) in [6, 6.07) is 12.4. The maximum atomic E-state index is 10.3. The zero-order chi connectivity index (χ0) is 16.8. The summed E-state index contributed by atoms with van der Waals surface area (Å²) in [4.78, 5) is 2.34. The van der Waals surface area contributed by atoms with Gasteiger partial charge in [0.25, 0.3) is 0 Å². The minimum atomic E-state index is -0.501. The Morgan fingerprint density at radius 3 is 2.67 bits per heavy atom. The normalized spacial score (nSPS) is 15.6. The summed E-state index contributed by atoms with van der Waals surface area (Å²) in [6.45, 7) is 2.16. The molecule has 1 aliphatic rings. The summed E-state index contributed by atoms with van der Waals surface area (Å²) in [5.74, 6) is 1.64. The highest BCUT2D eigenvalue weighted by molar-refractivity contribution is 5.27. The van der Waals surface area contributed by atoms with Crippen LogP contribution in [-0.2, 0) is 17.9 Å². The molecule has 2 aromatic rings. The van der Waals surface area contributed by atoms with E-state index in [0.717, 1.165) is 18.1 Å². The Kier molecular flexibility index (Phi) is 5.91. The number of aliphatic hydroxyl groups is 1. The topological polar surface area (TPSA) is 55.1 Å². The fourth-order valence-electron chi connectivity index (χ4n) is 2.76. The lowest BCUT2D eigenvalue weighted by Gasteiger charge is -2.25. The summed E-state index contributed by atoms with van der Waals surface area (Å²) < 4.78 is 15.9. The third-order valence-electron chi connectivity index (χ3n) is 4.19. The van der Waals surface area contributed by atoms with Crippen molar-refractivity contribution in [1.82, 2.24) is 4.90 Å². The molecule has 24 heavy (non-hydrogen) atoms. The van der Waals surface area contributed by atoms with Crippen LogP contribution in [-0.4, -0.2) is 42.4 Å². The highest BCUT2D eigenvalue weighted by Crippen LogP contribution is 2.28. The molecule has 1 fully saturated rings. The molecular weight excluding hydrogens is 306 g/mol. The maximum absolute atomic E-state index is 10.3. The average Bonchev–Trinajstić information content (AvgIpc) is 3.32. The van der Waals surface area contributed by atoms with Crippen molar-refractivity contribution in [3.63, 3.8) is 0 Å². The van der Waals surface area contributed by atoms with Gasteiger partial charge < -0.3 is 19.0 Å². The molecule has 0 saturated heterocycles. The molecule has 1 N–H and O–H groups in total. The molecule has 0 unspecified atom stereocenters. The lowest BCUT2D eigenvalue weighted by atomic mass is 10.2. The van der Waals surface area contributed by atoms with Crippen LogP contribution >= 0.6 is 0 Å². The number of aliphatic hydroxyl groups excluding tert-OH is 1. The monoisotopic (exact) mass is 331 g/mol. The largest absolute Gasteiger partial charge is 0.497 e. The minimum Gasteiger partial charge on any atom is -0.497 e. The first-order valence-corrected chi connectivity index (χ1v) is 8.40. The van der Waals surface area contributed by atoms with E-state index in [2.05, 4.69) is 17.0 Å². The van der Waals surface area contributed by atoms with Crippen LogP contribution in [0.25, 0.3) is 0 Å². The van der Waals surface area contributed by atoms with Crippen LogP contribution in [0.15, 0.2) is 47.1 Å². The van der Waals surface area contributed by atoms with Crippen LogP contribution in [0.1, 0.15) is 24.2 Å². The summed E-state index contributed by atoms with van der Waals surface area (Å²) in [6.07, 6.45) is 3.53. The van der Waals surface area contributed by atoms with Crippen LogP contribution in [0.4, 0.5) is 0 Å². The van der Waals surface area contributed by atoms with Crippen LogP contribution < -0.4 is 4.74 Å². The predicted octanol–water partition coefficient (Wildman–Crippen LogP) is 2.83. The van der Waals surface area contributed by atoms with E-state index in [9.17, 15) is 5.11 Å². The Hall–Kier alpha value is -1.82. The zero-order valence-corrected chi connectivity index (χ0v) is 14.1. The molecule has 0 aliphatic heterocycles. The number of methoxy groups -OCH3 is 1. The first-order chi connectivity index (χ1) is 11.7. The lowest BCUT2D eigenvalue weighted by Crippen LogP contribution is -2.36. The molecule has 1 aliphatic carbocycles. The molecule has 0 bridgehead atoms. The molecule has 1 saturated carbocycles. The van der Waals surface area contributed by atoms with Gasteiger partial charge in [0.1, 0.15) is 18.1 Å². The molecule has 5 nitrogen and oxygen atoms in total. The second-order valence-electron chi connectivity index (χ2n) is 6.26. The molecule has 1 aromatic carbocycles. The van der Waals surface area contributed by atoms with Gasteiger partial charge in [-0.05, 0) is 42.7 Å². The molecular formula is C19H25NO4. The maximum Gasteiger partial charge on any atom is 0.129 e. The predicted molar refractivity (Wildman–Crippen MR) is 90.8 cm³/mol. The van der Waals surface area contributed by atoms with Gasteiger partial charge >= 0.3 is 0 Å². The van der Waals surface area contributed by atoms with Crippen molar-refractivity contribution in [2.75, 3.05) is 20.3 Å². The number of rotatable bonds is 10. The van der Waals surface area contributed by atoms with Crippen LogP contribution in [0.3, 0.4) is 0 Å². The fourth-order valence-corrected chi connectivity index (χ4v) is 2.76. The van der Waals surface area contributed by atoms with E-state index >= 15 is 0 Å². The molecule has 1 aromatic heterocycles. The van der Waals surface area contributed by atoms with E-state index in [4.69, 9.17) is 13.9 Å². The van der Waals surface area contributed by atoms with Gasteiger partial charge in [-0.15, -0.1) is 0 Å². The zero-order valence-electron chi connectivity index (χ0n) is 14.1. The van der Waals surface area contributed by atoms with Crippen molar-refractivity contribution in [2.45, 2.75) is 38.1 Å². The summed E-state index contributed by atoms with van der Waals surface area (Å²) in [5.41, 5.74) is 1.23. The molecule has 3 rings (SSSR count). The Balaban J connectivity index is 1.46. The van der Waals surface area contributed by atoms with Gasteiger partial charge in [0, 0.05) is 19.1 Å². The van der Waals surface area contributed by atoms with E-state index in [1.165, 1.54) is 18.4 Å². The third-order valence-corrected chi connectivity index (χ3v) is 4.19. The number of hydrogen-bond donors (Lipinski definition) is 1. The van der Waals surface area contributed by atoms with Crippen molar-refractivity contribution >= 4 is 0 Å². The second kappa shape index (κ2) is 8.33. The number of benzene rings is 1. The molecule has 130 valence electrons. The SMILES string of the molecule is COc1ccc(CN(C[C@H](O)COCc2ccco2)C2CC2)cc1. The second-order valence-corrected chi connectivity index (χ2v) is 6.26. The van der Waals surface area contributed by atoms with E-state index in [0.29, 0.717) is 25.8 Å². The van der Waals surface area contributed by atoms with E-state index < -0.39 is 6.10 Å². The highest BCUT2D eigenvalue weighted by atomic mass is 16.5. The van der Waals surface area contributed by atoms with Gasteiger partial charge in [0.15, 0.2) is 0 Å². The number of furan rings is 1. The Morgan fingerprint density at radius 2 is 2.04 bits per heavy atom. The number of nitrogens with zero attached hydrogens (tertiary/aromatic N) is 1. The van der Waals surface area contributed by atoms with Gasteiger partial charge in [0.2, 0.25) is 0 Å². The summed E-state index contributed by atoms with van der Waals surface area (Å²) in [5, 5.41) is 10.3.